The van der Waals surface area contributed by atoms with Gasteiger partial charge >= 0.3 is 0 Å². The number of anilines is 1. The van der Waals surface area contributed by atoms with Gasteiger partial charge in [-0.2, -0.15) is 5.10 Å². The van der Waals surface area contributed by atoms with Crippen LogP contribution in [0, 0.1) is 0 Å². The fourth-order valence-electron chi connectivity index (χ4n) is 2.22. The molecule has 24 heavy (non-hydrogen) atoms. The molecular formula is C17H14BrClN4O. The lowest BCUT2D eigenvalue weighted by molar-refractivity contribution is -0.119. The zero-order valence-corrected chi connectivity index (χ0v) is 14.9. The van der Waals surface area contributed by atoms with Crippen molar-refractivity contribution in [1.82, 2.24) is 10.4 Å². The third-order valence-electron chi connectivity index (χ3n) is 3.38. The highest BCUT2D eigenvalue weighted by molar-refractivity contribution is 9.10. The number of fused-ring (bicyclic) bond motifs is 1. The zero-order chi connectivity index (χ0) is 16.9. The van der Waals surface area contributed by atoms with Crippen LogP contribution in [0.5, 0.6) is 0 Å². The molecule has 1 amide bonds. The maximum atomic E-state index is 11.9. The topological polar surface area (TPSA) is 69.3 Å². The molecule has 0 aliphatic carbocycles. The van der Waals surface area contributed by atoms with E-state index in [1.807, 2.05) is 30.5 Å². The number of rotatable bonds is 5. The van der Waals surface area contributed by atoms with Crippen LogP contribution < -0.4 is 10.7 Å². The van der Waals surface area contributed by atoms with Gasteiger partial charge in [0.2, 0.25) is 0 Å². The number of amides is 1. The van der Waals surface area contributed by atoms with Crippen molar-refractivity contribution in [2.24, 2.45) is 5.10 Å². The Morgan fingerprint density at radius 3 is 2.96 bits per heavy atom. The Labute approximate surface area is 152 Å². The highest BCUT2D eigenvalue weighted by Crippen LogP contribution is 2.25. The molecule has 0 spiro atoms. The quantitative estimate of drug-likeness (QED) is 0.441. The second kappa shape index (κ2) is 7.51. The van der Waals surface area contributed by atoms with E-state index in [0.717, 1.165) is 26.6 Å². The third-order valence-corrected chi connectivity index (χ3v) is 4.28. The Morgan fingerprint density at radius 1 is 1.29 bits per heavy atom. The van der Waals surface area contributed by atoms with Crippen LogP contribution in [0.2, 0.25) is 5.02 Å². The molecule has 7 heteroatoms. The van der Waals surface area contributed by atoms with E-state index in [-0.39, 0.29) is 12.5 Å². The SMILES string of the molecule is O=C(CNc1ccc(Cl)cc1Br)N/N=C\c1c[nH]c2ccccc12. The minimum Gasteiger partial charge on any atom is -0.375 e. The summed E-state index contributed by atoms with van der Waals surface area (Å²) in [6.45, 7) is 0.103. The molecule has 0 unspecified atom stereocenters. The highest BCUT2D eigenvalue weighted by atomic mass is 79.9. The Hall–Kier alpha value is -2.31. The summed E-state index contributed by atoms with van der Waals surface area (Å²) in [5, 5.41) is 8.69. The van der Waals surface area contributed by atoms with E-state index in [0.29, 0.717) is 5.02 Å². The number of carbonyl (C=O) groups is 1. The molecular weight excluding hydrogens is 392 g/mol. The van der Waals surface area contributed by atoms with Crippen LogP contribution in [-0.2, 0) is 4.79 Å². The van der Waals surface area contributed by atoms with Gasteiger partial charge in [0.15, 0.2) is 0 Å². The van der Waals surface area contributed by atoms with Crippen molar-refractivity contribution in [3.63, 3.8) is 0 Å². The Morgan fingerprint density at radius 2 is 2.12 bits per heavy atom. The number of aromatic amines is 1. The van der Waals surface area contributed by atoms with Crippen molar-refractivity contribution in [3.8, 4) is 0 Å². The maximum Gasteiger partial charge on any atom is 0.259 e. The number of aromatic nitrogens is 1. The van der Waals surface area contributed by atoms with Crippen LogP contribution >= 0.6 is 27.5 Å². The summed E-state index contributed by atoms with van der Waals surface area (Å²) >= 11 is 9.27. The number of nitrogens with zero attached hydrogens (tertiary/aromatic N) is 1. The summed E-state index contributed by atoms with van der Waals surface area (Å²) in [6, 6.07) is 13.2. The van der Waals surface area contributed by atoms with Crippen LogP contribution in [0.3, 0.4) is 0 Å². The lowest BCUT2D eigenvalue weighted by atomic mass is 10.2. The molecule has 0 bridgehead atoms. The Bertz CT molecular complexity index is 906. The van der Waals surface area contributed by atoms with Crippen molar-refractivity contribution >= 4 is 56.2 Å². The molecule has 3 rings (SSSR count). The number of nitrogens with one attached hydrogen (secondary N) is 3. The van der Waals surface area contributed by atoms with Crippen LogP contribution in [0.15, 0.2) is 58.2 Å². The van der Waals surface area contributed by atoms with Gasteiger partial charge in [0.05, 0.1) is 12.8 Å². The minimum absolute atomic E-state index is 0.103. The van der Waals surface area contributed by atoms with Crippen LogP contribution in [-0.4, -0.2) is 23.7 Å². The van der Waals surface area contributed by atoms with Crippen LogP contribution in [0.1, 0.15) is 5.56 Å². The van der Waals surface area contributed by atoms with Crippen molar-refractivity contribution in [2.75, 3.05) is 11.9 Å². The number of benzene rings is 2. The summed E-state index contributed by atoms with van der Waals surface area (Å²) in [5.74, 6) is -0.243. The monoisotopic (exact) mass is 404 g/mol. The van der Waals surface area contributed by atoms with Gasteiger partial charge in [-0.3, -0.25) is 4.79 Å². The molecule has 0 aliphatic rings. The van der Waals surface area contributed by atoms with E-state index >= 15 is 0 Å². The Kier molecular flexibility index (Phi) is 5.17. The van der Waals surface area contributed by atoms with Crippen LogP contribution in [0.4, 0.5) is 5.69 Å². The molecule has 3 N–H and O–H groups in total. The standard InChI is InChI=1S/C17H14BrClN4O/c18-14-7-12(19)5-6-16(14)21-10-17(24)23-22-9-11-8-20-15-4-2-1-3-13(11)15/h1-9,20-21H,10H2,(H,23,24)/b22-9-. The third kappa shape index (κ3) is 3.96. The molecule has 2 aromatic carbocycles. The average Bonchev–Trinajstić information content (AvgIpc) is 2.97. The number of H-pyrrole nitrogens is 1. The second-order valence-corrected chi connectivity index (χ2v) is 6.35. The van der Waals surface area contributed by atoms with Gasteiger partial charge in [-0.1, -0.05) is 29.8 Å². The maximum absolute atomic E-state index is 11.9. The summed E-state index contributed by atoms with van der Waals surface area (Å²) in [7, 11) is 0. The van der Waals surface area contributed by atoms with E-state index < -0.39 is 0 Å². The molecule has 0 aliphatic heterocycles. The number of para-hydroxylation sites is 1. The lowest BCUT2D eigenvalue weighted by Gasteiger charge is -2.07. The minimum atomic E-state index is -0.243. The predicted molar refractivity (Wildman–Crippen MR) is 102 cm³/mol. The van der Waals surface area contributed by atoms with Gasteiger partial charge in [-0.25, -0.2) is 5.43 Å². The fourth-order valence-corrected chi connectivity index (χ4v) is 3.05. The summed E-state index contributed by atoms with van der Waals surface area (Å²) in [5.41, 5.74) is 5.23. The first-order chi connectivity index (χ1) is 11.6. The first kappa shape index (κ1) is 16.5. The number of hydrogen-bond acceptors (Lipinski definition) is 3. The van der Waals surface area contributed by atoms with E-state index in [1.54, 1.807) is 24.4 Å². The van der Waals surface area contributed by atoms with Gasteiger partial charge < -0.3 is 10.3 Å². The summed E-state index contributed by atoms with van der Waals surface area (Å²) in [4.78, 5) is 15.0. The molecule has 0 saturated carbocycles. The van der Waals surface area contributed by atoms with Crippen molar-refractivity contribution in [2.45, 2.75) is 0 Å². The fraction of sp³-hybridized carbons (Fsp3) is 0.0588. The zero-order valence-electron chi connectivity index (χ0n) is 12.5. The highest BCUT2D eigenvalue weighted by Gasteiger charge is 2.04. The normalized spacial score (nSPS) is 11.1. The average molecular weight is 406 g/mol. The first-order valence-corrected chi connectivity index (χ1v) is 8.37. The molecule has 3 aromatic rings. The molecule has 0 radical (unpaired) electrons. The lowest BCUT2D eigenvalue weighted by Crippen LogP contribution is -2.25. The van der Waals surface area contributed by atoms with E-state index in [9.17, 15) is 4.79 Å². The predicted octanol–water partition coefficient (Wildman–Crippen LogP) is 4.15. The molecule has 0 fully saturated rings. The smallest absolute Gasteiger partial charge is 0.259 e. The van der Waals surface area contributed by atoms with Crippen LogP contribution in [0.25, 0.3) is 10.9 Å². The molecule has 122 valence electrons. The summed E-state index contributed by atoms with van der Waals surface area (Å²) in [6.07, 6.45) is 3.47. The molecule has 0 saturated heterocycles. The van der Waals surface area contributed by atoms with E-state index in [2.05, 4.69) is 36.8 Å². The van der Waals surface area contributed by atoms with Gasteiger partial charge in [0, 0.05) is 37.8 Å². The van der Waals surface area contributed by atoms with E-state index in [4.69, 9.17) is 11.6 Å². The van der Waals surface area contributed by atoms with Crippen molar-refractivity contribution < 1.29 is 4.79 Å². The van der Waals surface area contributed by atoms with Crippen molar-refractivity contribution in [1.29, 1.82) is 0 Å². The molecule has 1 heterocycles. The van der Waals surface area contributed by atoms with Gasteiger partial charge in [0.1, 0.15) is 0 Å². The van der Waals surface area contributed by atoms with Gasteiger partial charge in [0.25, 0.3) is 5.91 Å². The number of halogens is 2. The molecule has 5 nitrogen and oxygen atoms in total. The largest absolute Gasteiger partial charge is 0.375 e. The number of hydrogen-bond donors (Lipinski definition) is 3. The number of carbonyl (C=O) groups excluding carboxylic acids is 1. The van der Waals surface area contributed by atoms with Gasteiger partial charge in [-0.05, 0) is 40.2 Å². The Balaban J connectivity index is 1.55. The van der Waals surface area contributed by atoms with E-state index in [1.165, 1.54) is 0 Å². The second-order valence-electron chi connectivity index (χ2n) is 5.06. The number of hydrazone groups is 1. The first-order valence-electron chi connectivity index (χ1n) is 7.20. The molecule has 1 aromatic heterocycles. The molecule has 0 atom stereocenters. The van der Waals surface area contributed by atoms with Gasteiger partial charge in [-0.15, -0.1) is 0 Å². The summed E-state index contributed by atoms with van der Waals surface area (Å²) < 4.78 is 0.796. The van der Waals surface area contributed by atoms with Crippen molar-refractivity contribution in [3.05, 3.63) is 63.7 Å².